The highest BCUT2D eigenvalue weighted by molar-refractivity contribution is 7.96. The lowest BCUT2D eigenvalue weighted by Crippen LogP contribution is -2.32. The summed E-state index contributed by atoms with van der Waals surface area (Å²) in [5, 5.41) is 12.2. The second-order valence-corrected chi connectivity index (χ2v) is 9.06. The van der Waals surface area contributed by atoms with Gasteiger partial charge in [0.05, 0.1) is 0 Å². The zero-order valence-corrected chi connectivity index (χ0v) is 14.8. The van der Waals surface area contributed by atoms with Crippen molar-refractivity contribution in [3.05, 3.63) is 91.0 Å². The van der Waals surface area contributed by atoms with Crippen molar-refractivity contribution < 1.29 is 5.11 Å². The largest absolute Gasteiger partial charge is 0.857 e. The third kappa shape index (κ3) is 3.64. The minimum Gasteiger partial charge on any atom is -0.857 e. The summed E-state index contributed by atoms with van der Waals surface area (Å²) in [5.74, 6) is 0. The maximum Gasteiger partial charge on any atom is 0.146 e. The highest BCUT2D eigenvalue weighted by atomic mass is 35.5. The van der Waals surface area contributed by atoms with E-state index in [4.69, 9.17) is 16.7 Å². The molecule has 0 aromatic heterocycles. The number of rotatable bonds is 4. The molecule has 0 heterocycles. The van der Waals surface area contributed by atoms with Gasteiger partial charge in [-0.1, -0.05) is 66.2 Å². The van der Waals surface area contributed by atoms with Crippen LogP contribution in [0, 0.1) is 0 Å². The fraction of sp³-hybridized carbons (Fsp3) is 0.100. The highest BCUT2D eigenvalue weighted by Gasteiger charge is 2.44. The van der Waals surface area contributed by atoms with Gasteiger partial charge in [-0.15, -0.1) is 0 Å². The minimum absolute atomic E-state index is 0.616. The van der Waals surface area contributed by atoms with Crippen LogP contribution in [0.15, 0.2) is 91.0 Å². The Hall–Kier alpha value is -1.66. The van der Waals surface area contributed by atoms with E-state index in [0.717, 1.165) is 7.11 Å². The molecule has 0 aliphatic carbocycles. The lowest BCUT2D eigenvalue weighted by molar-refractivity contribution is -0.325. The maximum absolute atomic E-state index is 8.25. The summed E-state index contributed by atoms with van der Waals surface area (Å²) in [6, 6.07) is 32.0. The molecule has 0 aliphatic heterocycles. The van der Waals surface area contributed by atoms with Gasteiger partial charge in [0.15, 0.2) is 0 Å². The normalized spacial score (nSPS) is 10.6. The highest BCUT2D eigenvalue weighted by Crippen LogP contribution is 2.55. The monoisotopic (exact) mass is 342 g/mol. The smallest absolute Gasteiger partial charge is 0.146 e. The molecule has 3 aromatic rings. The fourth-order valence-electron chi connectivity index (χ4n) is 2.70. The second-order valence-electron chi connectivity index (χ2n) is 4.94. The van der Waals surface area contributed by atoms with Gasteiger partial charge in [0.1, 0.15) is 28.8 Å². The molecule has 0 bridgehead atoms. The van der Waals surface area contributed by atoms with E-state index < -0.39 is 7.26 Å². The second kappa shape index (κ2) is 8.84. The van der Waals surface area contributed by atoms with E-state index in [2.05, 4.69) is 91.0 Å². The maximum atomic E-state index is 8.25. The van der Waals surface area contributed by atoms with Crippen molar-refractivity contribution in [3.8, 4) is 0 Å². The summed E-state index contributed by atoms with van der Waals surface area (Å²) in [7, 11) is -1.02. The molecule has 0 atom stereocenters. The van der Waals surface area contributed by atoms with Crippen LogP contribution in [0.25, 0.3) is 0 Å². The van der Waals surface area contributed by atoms with Crippen LogP contribution in [-0.4, -0.2) is 12.7 Å². The lowest BCUT2D eigenvalue weighted by Gasteiger charge is -2.25. The summed E-state index contributed by atoms with van der Waals surface area (Å²) >= 11 is 6.58. The Morgan fingerprint density at radius 2 is 0.870 bits per heavy atom. The van der Waals surface area contributed by atoms with Crippen molar-refractivity contribution in [1.82, 2.24) is 0 Å². The Labute approximate surface area is 143 Å². The summed E-state index contributed by atoms with van der Waals surface area (Å²) in [6.07, 6.45) is 0. The van der Waals surface area contributed by atoms with Crippen LogP contribution in [0.3, 0.4) is 0 Å². The Morgan fingerprint density at radius 1 is 0.609 bits per heavy atom. The number of hydrogen-bond acceptors (Lipinski definition) is 1. The third-order valence-corrected chi connectivity index (χ3v) is 8.74. The van der Waals surface area contributed by atoms with Gasteiger partial charge in [-0.25, -0.2) is 0 Å². The summed E-state index contributed by atoms with van der Waals surface area (Å²) in [5.41, 5.74) is 0.616. The first-order valence-electron chi connectivity index (χ1n) is 7.39. The molecule has 0 spiro atoms. The van der Waals surface area contributed by atoms with Gasteiger partial charge in [-0.05, 0) is 36.4 Å². The van der Waals surface area contributed by atoms with E-state index in [1.165, 1.54) is 15.9 Å². The quantitative estimate of drug-likeness (QED) is 0.527. The van der Waals surface area contributed by atoms with Crippen molar-refractivity contribution in [1.29, 1.82) is 0 Å². The van der Waals surface area contributed by atoms with E-state index in [0.29, 0.717) is 5.62 Å². The standard InChI is InChI=1S/C19H17ClP.CH3O/c20-16-21(17-10-4-1-5-11-17,18-12-6-2-7-13-18)19-14-8-3-9-15-19;1-2/h1-15H,16H2;1H3/q+1;-1. The van der Waals surface area contributed by atoms with Crippen molar-refractivity contribution in [2.24, 2.45) is 0 Å². The van der Waals surface area contributed by atoms with Crippen molar-refractivity contribution in [2.75, 3.05) is 12.7 Å². The molecule has 3 heteroatoms. The van der Waals surface area contributed by atoms with Crippen LogP contribution >= 0.6 is 18.9 Å². The van der Waals surface area contributed by atoms with Gasteiger partial charge in [-0.3, -0.25) is 0 Å². The Bertz CT molecular complexity index is 590. The summed E-state index contributed by atoms with van der Waals surface area (Å²) < 4.78 is 0. The van der Waals surface area contributed by atoms with Crippen molar-refractivity contribution in [2.45, 2.75) is 0 Å². The van der Waals surface area contributed by atoms with E-state index >= 15 is 0 Å². The van der Waals surface area contributed by atoms with Crippen molar-refractivity contribution in [3.63, 3.8) is 0 Å². The number of halogens is 1. The van der Waals surface area contributed by atoms with Gasteiger partial charge < -0.3 is 5.11 Å². The molecule has 0 saturated heterocycles. The molecular weight excluding hydrogens is 323 g/mol. The number of hydrogen-bond donors (Lipinski definition) is 0. The van der Waals surface area contributed by atoms with Crippen LogP contribution in [0.4, 0.5) is 0 Å². The van der Waals surface area contributed by atoms with E-state index in [9.17, 15) is 0 Å². The molecule has 0 unspecified atom stereocenters. The minimum atomic E-state index is -1.77. The predicted molar refractivity (Wildman–Crippen MR) is 102 cm³/mol. The van der Waals surface area contributed by atoms with E-state index in [1.807, 2.05) is 0 Å². The third-order valence-electron chi connectivity index (χ3n) is 3.77. The van der Waals surface area contributed by atoms with Crippen LogP contribution in [0.1, 0.15) is 0 Å². The molecular formula is C20H20ClOP. The molecule has 0 saturated carbocycles. The fourth-order valence-corrected chi connectivity index (χ4v) is 7.30. The molecule has 23 heavy (non-hydrogen) atoms. The van der Waals surface area contributed by atoms with Crippen molar-refractivity contribution >= 4 is 34.8 Å². The number of benzene rings is 3. The van der Waals surface area contributed by atoms with E-state index in [-0.39, 0.29) is 0 Å². The first-order valence-corrected chi connectivity index (χ1v) is 9.90. The molecule has 0 radical (unpaired) electrons. The molecule has 0 fully saturated rings. The molecule has 118 valence electrons. The predicted octanol–water partition coefficient (Wildman–Crippen LogP) is 3.15. The molecule has 0 amide bonds. The Morgan fingerprint density at radius 3 is 1.09 bits per heavy atom. The SMILES string of the molecule is C[O-].ClC[P+](c1ccccc1)(c1ccccc1)c1ccccc1. The zero-order chi connectivity index (χ0) is 16.5. The van der Waals surface area contributed by atoms with Gasteiger partial charge in [0.2, 0.25) is 0 Å². The average molecular weight is 343 g/mol. The number of alkyl halides is 1. The van der Waals surface area contributed by atoms with Crippen LogP contribution < -0.4 is 21.0 Å². The molecule has 0 aliphatic rings. The van der Waals surface area contributed by atoms with Gasteiger partial charge in [0.25, 0.3) is 0 Å². The van der Waals surface area contributed by atoms with Crippen LogP contribution in [0.5, 0.6) is 0 Å². The first kappa shape index (κ1) is 17.7. The van der Waals surface area contributed by atoms with Gasteiger partial charge in [-0.2, -0.15) is 7.11 Å². The summed E-state index contributed by atoms with van der Waals surface area (Å²) in [6.45, 7) is 0. The lowest BCUT2D eigenvalue weighted by atomic mass is 10.4. The van der Waals surface area contributed by atoms with Gasteiger partial charge in [0, 0.05) is 0 Å². The average Bonchev–Trinajstić information content (AvgIpc) is 2.67. The zero-order valence-electron chi connectivity index (χ0n) is 13.1. The topological polar surface area (TPSA) is 23.1 Å². The van der Waals surface area contributed by atoms with E-state index in [1.54, 1.807) is 0 Å². The first-order chi connectivity index (χ1) is 11.4. The molecule has 0 N–H and O–H groups in total. The van der Waals surface area contributed by atoms with Gasteiger partial charge >= 0.3 is 0 Å². The molecule has 3 rings (SSSR count). The Balaban J connectivity index is 0.000000924. The Kier molecular flexibility index (Phi) is 6.80. The van der Waals surface area contributed by atoms with Crippen LogP contribution in [0.2, 0.25) is 0 Å². The molecule has 1 nitrogen and oxygen atoms in total. The summed E-state index contributed by atoms with van der Waals surface area (Å²) in [4.78, 5) is 0. The molecule has 3 aromatic carbocycles. The van der Waals surface area contributed by atoms with Crippen LogP contribution in [-0.2, 0) is 0 Å².